The van der Waals surface area contributed by atoms with Crippen LogP contribution >= 0.6 is 0 Å². The molecule has 0 atom stereocenters. The van der Waals surface area contributed by atoms with Crippen LogP contribution in [0.25, 0.3) is 0 Å². The molecule has 1 aromatic heterocycles. The molecule has 8 heteroatoms. The number of carbonyl (C=O) groups excluding carboxylic acids is 2. The van der Waals surface area contributed by atoms with E-state index in [9.17, 15) is 14.0 Å². The molecule has 3 aromatic rings. The molecule has 0 saturated carbocycles. The van der Waals surface area contributed by atoms with Crippen molar-refractivity contribution in [3.05, 3.63) is 95.2 Å². The molecule has 0 bridgehead atoms. The molecule has 1 saturated heterocycles. The Kier molecular flexibility index (Phi) is 9.46. The van der Waals surface area contributed by atoms with Gasteiger partial charge in [-0.3, -0.25) is 14.5 Å². The van der Waals surface area contributed by atoms with Crippen LogP contribution in [0.15, 0.2) is 71.1 Å². The highest BCUT2D eigenvalue weighted by atomic mass is 19.1. The Morgan fingerprint density at radius 2 is 1.73 bits per heavy atom. The summed E-state index contributed by atoms with van der Waals surface area (Å²) in [5.74, 6) is 0.409. The normalized spacial score (nSPS) is 13.9. The fourth-order valence-electron chi connectivity index (χ4n) is 4.42. The second kappa shape index (κ2) is 13.2. The standard InChI is InChI=1S/C29H34FN3O4/c1-23-11-12-27(37-23)21-33(20-24-7-3-2-4-8-24)28(34)22-32(14-6-13-31-15-17-36-18-16-31)29(35)25-9-5-10-26(30)19-25/h2-5,7-12,19H,6,13-18,20-22H2,1H3. The zero-order chi connectivity index (χ0) is 26.0. The summed E-state index contributed by atoms with van der Waals surface area (Å²) in [4.78, 5) is 32.5. The number of furan rings is 1. The van der Waals surface area contributed by atoms with Crippen LogP contribution in [-0.2, 0) is 22.6 Å². The SMILES string of the molecule is Cc1ccc(CN(Cc2ccccc2)C(=O)CN(CCCN2CCOCC2)C(=O)c2cccc(F)c2)o1. The van der Waals surface area contributed by atoms with E-state index in [1.54, 1.807) is 11.0 Å². The van der Waals surface area contributed by atoms with Crippen molar-refractivity contribution < 1.29 is 23.1 Å². The van der Waals surface area contributed by atoms with Crippen LogP contribution in [0.5, 0.6) is 0 Å². The smallest absolute Gasteiger partial charge is 0.254 e. The van der Waals surface area contributed by atoms with Crippen LogP contribution in [0.2, 0.25) is 0 Å². The minimum Gasteiger partial charge on any atom is -0.464 e. The van der Waals surface area contributed by atoms with Gasteiger partial charge in [-0.05, 0) is 49.2 Å². The van der Waals surface area contributed by atoms with Gasteiger partial charge in [0.2, 0.25) is 5.91 Å². The number of carbonyl (C=O) groups is 2. The molecule has 1 aliphatic rings. The van der Waals surface area contributed by atoms with Crippen molar-refractivity contribution in [3.8, 4) is 0 Å². The first kappa shape index (κ1) is 26.6. The molecule has 0 unspecified atom stereocenters. The number of rotatable bonds is 11. The molecule has 0 aliphatic carbocycles. The summed E-state index contributed by atoms with van der Waals surface area (Å²) in [6.07, 6.45) is 0.699. The Hall–Kier alpha value is -3.49. The Balaban J connectivity index is 1.49. The predicted octanol–water partition coefficient (Wildman–Crippen LogP) is 4.12. The summed E-state index contributed by atoms with van der Waals surface area (Å²) in [6, 6.07) is 19.1. The van der Waals surface area contributed by atoms with Crippen molar-refractivity contribution in [2.24, 2.45) is 0 Å². The van der Waals surface area contributed by atoms with E-state index in [2.05, 4.69) is 4.90 Å². The van der Waals surface area contributed by atoms with Gasteiger partial charge in [0.1, 0.15) is 23.9 Å². The number of hydrogen-bond acceptors (Lipinski definition) is 5. The summed E-state index contributed by atoms with van der Waals surface area (Å²) in [6.45, 7) is 6.71. The van der Waals surface area contributed by atoms with E-state index in [4.69, 9.17) is 9.15 Å². The minimum absolute atomic E-state index is 0.106. The van der Waals surface area contributed by atoms with E-state index in [1.807, 2.05) is 49.4 Å². The van der Waals surface area contributed by atoms with E-state index >= 15 is 0 Å². The van der Waals surface area contributed by atoms with Gasteiger partial charge in [0.15, 0.2) is 0 Å². The Labute approximate surface area is 217 Å². The first-order valence-corrected chi connectivity index (χ1v) is 12.7. The highest BCUT2D eigenvalue weighted by molar-refractivity contribution is 5.96. The van der Waals surface area contributed by atoms with Crippen molar-refractivity contribution >= 4 is 11.8 Å². The van der Waals surface area contributed by atoms with Gasteiger partial charge >= 0.3 is 0 Å². The van der Waals surface area contributed by atoms with Gasteiger partial charge in [-0.15, -0.1) is 0 Å². The molecule has 4 rings (SSSR count). The maximum absolute atomic E-state index is 13.9. The molecule has 2 heterocycles. The Morgan fingerprint density at radius 3 is 2.43 bits per heavy atom. The van der Waals surface area contributed by atoms with Gasteiger partial charge < -0.3 is 19.0 Å². The fraction of sp³-hybridized carbons (Fsp3) is 0.379. The second-order valence-electron chi connectivity index (χ2n) is 9.29. The zero-order valence-corrected chi connectivity index (χ0v) is 21.3. The largest absolute Gasteiger partial charge is 0.464 e. The summed E-state index contributed by atoms with van der Waals surface area (Å²) in [5, 5.41) is 0. The highest BCUT2D eigenvalue weighted by Crippen LogP contribution is 2.15. The van der Waals surface area contributed by atoms with Gasteiger partial charge in [-0.25, -0.2) is 4.39 Å². The van der Waals surface area contributed by atoms with Crippen LogP contribution in [0.3, 0.4) is 0 Å². The summed E-state index contributed by atoms with van der Waals surface area (Å²) < 4.78 is 25.0. The van der Waals surface area contributed by atoms with Crippen molar-refractivity contribution in [2.45, 2.75) is 26.4 Å². The second-order valence-corrected chi connectivity index (χ2v) is 9.29. The number of morpholine rings is 1. The molecule has 1 fully saturated rings. The molecule has 0 spiro atoms. The molecule has 37 heavy (non-hydrogen) atoms. The molecule has 0 radical (unpaired) electrons. The van der Waals surface area contributed by atoms with Crippen molar-refractivity contribution in [1.82, 2.24) is 14.7 Å². The third-order valence-corrected chi connectivity index (χ3v) is 6.40. The average Bonchev–Trinajstić information content (AvgIpc) is 3.33. The van der Waals surface area contributed by atoms with E-state index in [1.165, 1.54) is 23.1 Å². The number of benzene rings is 2. The van der Waals surface area contributed by atoms with E-state index in [-0.39, 0.29) is 30.5 Å². The molecule has 2 amide bonds. The topological polar surface area (TPSA) is 66.2 Å². The number of ether oxygens (including phenoxy) is 1. The van der Waals surface area contributed by atoms with Crippen LogP contribution in [0, 0.1) is 12.7 Å². The molecular weight excluding hydrogens is 473 g/mol. The average molecular weight is 508 g/mol. The summed E-state index contributed by atoms with van der Waals surface area (Å²) >= 11 is 0. The molecule has 1 aliphatic heterocycles. The fourth-order valence-corrected chi connectivity index (χ4v) is 4.42. The maximum atomic E-state index is 13.9. The quantitative estimate of drug-likeness (QED) is 0.391. The molecule has 196 valence electrons. The highest BCUT2D eigenvalue weighted by Gasteiger charge is 2.24. The van der Waals surface area contributed by atoms with Crippen molar-refractivity contribution in [2.75, 3.05) is 45.9 Å². The minimum atomic E-state index is -0.482. The van der Waals surface area contributed by atoms with Gasteiger partial charge in [0.25, 0.3) is 5.91 Å². The number of hydrogen-bond donors (Lipinski definition) is 0. The lowest BCUT2D eigenvalue weighted by Crippen LogP contribution is -2.44. The Bertz CT molecular complexity index is 1160. The summed E-state index contributed by atoms with van der Waals surface area (Å²) in [7, 11) is 0. The van der Waals surface area contributed by atoms with Gasteiger partial charge in [-0.2, -0.15) is 0 Å². The first-order valence-electron chi connectivity index (χ1n) is 12.7. The molecule has 2 aromatic carbocycles. The monoisotopic (exact) mass is 507 g/mol. The van der Waals surface area contributed by atoms with Crippen molar-refractivity contribution in [1.29, 1.82) is 0 Å². The Morgan fingerprint density at radius 1 is 0.946 bits per heavy atom. The van der Waals surface area contributed by atoms with E-state index < -0.39 is 5.82 Å². The summed E-state index contributed by atoms with van der Waals surface area (Å²) in [5.41, 5.74) is 1.21. The van der Waals surface area contributed by atoms with Crippen LogP contribution in [0.1, 0.15) is 33.9 Å². The third-order valence-electron chi connectivity index (χ3n) is 6.40. The molecular formula is C29H34FN3O4. The zero-order valence-electron chi connectivity index (χ0n) is 21.3. The molecule has 7 nitrogen and oxygen atoms in total. The maximum Gasteiger partial charge on any atom is 0.254 e. The molecule has 0 N–H and O–H groups in total. The van der Waals surface area contributed by atoms with Gasteiger partial charge in [0, 0.05) is 38.3 Å². The first-order chi connectivity index (χ1) is 18.0. The number of amides is 2. The predicted molar refractivity (Wildman–Crippen MR) is 138 cm³/mol. The number of halogens is 1. The van der Waals surface area contributed by atoms with Crippen LogP contribution in [-0.4, -0.2) is 72.5 Å². The van der Waals surface area contributed by atoms with Crippen LogP contribution < -0.4 is 0 Å². The lowest BCUT2D eigenvalue weighted by molar-refractivity contribution is -0.133. The van der Waals surface area contributed by atoms with Gasteiger partial charge in [-0.1, -0.05) is 36.4 Å². The van der Waals surface area contributed by atoms with Crippen LogP contribution in [0.4, 0.5) is 4.39 Å². The van der Waals surface area contributed by atoms with E-state index in [0.717, 1.165) is 31.0 Å². The lowest BCUT2D eigenvalue weighted by atomic mass is 10.1. The third kappa shape index (κ3) is 8.00. The lowest BCUT2D eigenvalue weighted by Gasteiger charge is -2.30. The number of nitrogens with zero attached hydrogens (tertiary/aromatic N) is 3. The number of aryl methyl sites for hydroxylation is 1. The van der Waals surface area contributed by atoms with Crippen molar-refractivity contribution in [3.63, 3.8) is 0 Å². The van der Waals surface area contributed by atoms with Gasteiger partial charge in [0.05, 0.1) is 19.8 Å². The van der Waals surface area contributed by atoms with E-state index in [0.29, 0.717) is 38.5 Å².